The van der Waals surface area contributed by atoms with Crippen molar-refractivity contribution in [1.82, 2.24) is 10.2 Å². The van der Waals surface area contributed by atoms with E-state index in [1.165, 1.54) is 22.8 Å². The monoisotopic (exact) mass is 480 g/mol. The molecule has 0 unspecified atom stereocenters. The summed E-state index contributed by atoms with van der Waals surface area (Å²) in [5.41, 5.74) is 1.34. The summed E-state index contributed by atoms with van der Waals surface area (Å²) < 4.78 is 30.9. The molecule has 0 aliphatic rings. The number of carbonyl (C=O) groups excluding carboxylic acids is 1. The van der Waals surface area contributed by atoms with Crippen molar-refractivity contribution in [2.45, 2.75) is 12.8 Å². The van der Waals surface area contributed by atoms with Gasteiger partial charge < -0.3 is 10.1 Å². The van der Waals surface area contributed by atoms with Crippen molar-refractivity contribution in [2.24, 2.45) is 0 Å². The van der Waals surface area contributed by atoms with Gasteiger partial charge in [0.25, 0.3) is 0 Å². The Morgan fingerprint density at radius 3 is 2.61 bits per heavy atom. The number of benzene rings is 2. The average molecular weight is 481 g/mol. The van der Waals surface area contributed by atoms with Crippen molar-refractivity contribution in [3.63, 3.8) is 0 Å². The Bertz CT molecular complexity index is 1150. The number of rotatable bonds is 9. The van der Waals surface area contributed by atoms with E-state index in [-0.39, 0.29) is 18.9 Å². The molecule has 11 heteroatoms. The van der Waals surface area contributed by atoms with Crippen LogP contribution in [-0.2, 0) is 14.8 Å². The van der Waals surface area contributed by atoms with Gasteiger partial charge in [0, 0.05) is 29.6 Å². The van der Waals surface area contributed by atoms with E-state index >= 15 is 0 Å². The highest BCUT2D eigenvalue weighted by atomic mass is 35.5. The van der Waals surface area contributed by atoms with Crippen LogP contribution in [0.4, 0.5) is 10.8 Å². The molecule has 0 bridgehead atoms. The Hall–Kier alpha value is -2.69. The minimum atomic E-state index is -3.51. The summed E-state index contributed by atoms with van der Waals surface area (Å²) in [6.07, 6.45) is 1.59. The molecule has 1 N–H and O–H groups in total. The first-order valence-corrected chi connectivity index (χ1v) is 12.3. The molecule has 3 rings (SSSR count). The molecule has 0 saturated heterocycles. The number of methoxy groups -OCH3 is 1. The number of sulfonamides is 1. The van der Waals surface area contributed by atoms with Crippen LogP contribution in [0, 0.1) is 0 Å². The van der Waals surface area contributed by atoms with Crippen LogP contribution in [0.5, 0.6) is 5.75 Å². The van der Waals surface area contributed by atoms with Crippen molar-refractivity contribution in [1.29, 1.82) is 0 Å². The van der Waals surface area contributed by atoms with Crippen molar-refractivity contribution < 1.29 is 17.9 Å². The van der Waals surface area contributed by atoms with Crippen molar-refractivity contribution in [3.05, 3.63) is 53.6 Å². The van der Waals surface area contributed by atoms with Crippen LogP contribution in [0.15, 0.2) is 48.5 Å². The van der Waals surface area contributed by atoms with E-state index in [1.54, 1.807) is 36.4 Å². The van der Waals surface area contributed by atoms with Gasteiger partial charge >= 0.3 is 0 Å². The van der Waals surface area contributed by atoms with Gasteiger partial charge in [0.2, 0.25) is 21.1 Å². The highest BCUT2D eigenvalue weighted by Gasteiger charge is 2.18. The summed E-state index contributed by atoms with van der Waals surface area (Å²) in [4.78, 5) is 12.3. The topological polar surface area (TPSA) is 101 Å². The second-order valence-corrected chi connectivity index (χ2v) is 9.93. The number of nitrogens with zero attached hydrogens (tertiary/aromatic N) is 3. The quantitative estimate of drug-likeness (QED) is 0.495. The van der Waals surface area contributed by atoms with Gasteiger partial charge in [-0.25, -0.2) is 8.42 Å². The molecule has 164 valence electrons. The minimum absolute atomic E-state index is 0.131. The number of halogens is 1. The molecule has 8 nitrogen and oxygen atoms in total. The number of ether oxygens (including phenoxy) is 1. The lowest BCUT2D eigenvalue weighted by Gasteiger charge is -2.22. The molecule has 0 spiro atoms. The Kier molecular flexibility index (Phi) is 7.47. The highest BCUT2D eigenvalue weighted by Crippen LogP contribution is 2.27. The predicted molar refractivity (Wildman–Crippen MR) is 123 cm³/mol. The number of hydrogen-bond acceptors (Lipinski definition) is 7. The first kappa shape index (κ1) is 23.0. The second-order valence-electron chi connectivity index (χ2n) is 6.61. The third-order valence-electron chi connectivity index (χ3n) is 4.27. The Labute approximate surface area is 189 Å². The zero-order chi connectivity index (χ0) is 22.4. The molecule has 1 aromatic heterocycles. The fourth-order valence-corrected chi connectivity index (χ4v) is 4.65. The highest BCUT2D eigenvalue weighted by molar-refractivity contribution is 7.92. The van der Waals surface area contributed by atoms with Crippen LogP contribution >= 0.6 is 22.9 Å². The van der Waals surface area contributed by atoms with Crippen molar-refractivity contribution in [3.8, 4) is 16.3 Å². The lowest BCUT2D eigenvalue weighted by atomic mass is 10.2. The molecule has 0 fully saturated rings. The van der Waals surface area contributed by atoms with E-state index in [1.807, 2.05) is 12.1 Å². The van der Waals surface area contributed by atoms with E-state index in [0.717, 1.165) is 11.8 Å². The number of carbonyl (C=O) groups is 1. The van der Waals surface area contributed by atoms with Gasteiger partial charge in [0.15, 0.2) is 0 Å². The third kappa shape index (κ3) is 6.39. The first-order chi connectivity index (χ1) is 14.8. The third-order valence-corrected chi connectivity index (χ3v) is 6.60. The maximum absolute atomic E-state index is 12.3. The van der Waals surface area contributed by atoms with Gasteiger partial charge in [0.1, 0.15) is 10.8 Å². The van der Waals surface area contributed by atoms with Crippen LogP contribution in [0.25, 0.3) is 10.6 Å². The van der Waals surface area contributed by atoms with E-state index in [0.29, 0.717) is 33.0 Å². The van der Waals surface area contributed by atoms with Gasteiger partial charge in [-0.2, -0.15) is 0 Å². The fourth-order valence-electron chi connectivity index (χ4n) is 2.80. The average Bonchev–Trinajstić information content (AvgIpc) is 3.19. The van der Waals surface area contributed by atoms with Gasteiger partial charge in [-0.05, 0) is 30.7 Å². The summed E-state index contributed by atoms with van der Waals surface area (Å²) in [6, 6.07) is 13.9. The summed E-state index contributed by atoms with van der Waals surface area (Å²) in [5, 5.41) is 12.4. The van der Waals surface area contributed by atoms with E-state index < -0.39 is 10.0 Å². The number of amides is 1. The number of anilines is 2. The Morgan fingerprint density at radius 2 is 1.94 bits per heavy atom. The molecule has 0 aliphatic heterocycles. The maximum atomic E-state index is 12.3. The molecule has 31 heavy (non-hydrogen) atoms. The molecule has 1 amide bonds. The lowest BCUT2D eigenvalue weighted by Crippen LogP contribution is -2.31. The summed E-state index contributed by atoms with van der Waals surface area (Å²) in [6.45, 7) is 0.158. The van der Waals surface area contributed by atoms with Gasteiger partial charge in [-0.3, -0.25) is 9.10 Å². The Morgan fingerprint density at radius 1 is 1.19 bits per heavy atom. The summed E-state index contributed by atoms with van der Waals surface area (Å²) >= 11 is 7.14. The molecule has 0 atom stereocenters. The number of aromatic nitrogens is 2. The SMILES string of the molecule is COc1cccc(N(CCCC(=O)Nc2nnc(-c3ccc(Cl)cc3)s2)S(C)(=O)=O)c1. The van der Waals surface area contributed by atoms with Crippen LogP contribution in [-0.4, -0.2) is 44.4 Å². The minimum Gasteiger partial charge on any atom is -0.497 e. The zero-order valence-corrected chi connectivity index (χ0v) is 19.3. The summed E-state index contributed by atoms with van der Waals surface area (Å²) in [7, 11) is -2.00. The fraction of sp³-hybridized carbons (Fsp3) is 0.250. The number of hydrogen-bond donors (Lipinski definition) is 1. The second kappa shape index (κ2) is 10.1. The van der Waals surface area contributed by atoms with Gasteiger partial charge in [-0.15, -0.1) is 10.2 Å². The van der Waals surface area contributed by atoms with E-state index in [2.05, 4.69) is 15.5 Å². The van der Waals surface area contributed by atoms with Crippen LogP contribution < -0.4 is 14.4 Å². The Balaban J connectivity index is 1.58. The van der Waals surface area contributed by atoms with Crippen molar-refractivity contribution in [2.75, 3.05) is 29.5 Å². The normalized spacial score (nSPS) is 11.2. The molecule has 3 aromatic rings. The molecule has 1 heterocycles. The van der Waals surface area contributed by atoms with Crippen molar-refractivity contribution >= 4 is 49.7 Å². The molecule has 0 radical (unpaired) electrons. The molecular weight excluding hydrogens is 460 g/mol. The maximum Gasteiger partial charge on any atom is 0.232 e. The van der Waals surface area contributed by atoms with Crippen LogP contribution in [0.3, 0.4) is 0 Å². The first-order valence-electron chi connectivity index (χ1n) is 9.27. The van der Waals surface area contributed by atoms with Crippen LogP contribution in [0.2, 0.25) is 5.02 Å². The zero-order valence-electron chi connectivity index (χ0n) is 16.9. The van der Waals surface area contributed by atoms with Gasteiger partial charge in [0.05, 0.1) is 19.1 Å². The lowest BCUT2D eigenvalue weighted by molar-refractivity contribution is -0.116. The molecule has 0 saturated carbocycles. The molecule has 0 aliphatic carbocycles. The van der Waals surface area contributed by atoms with Gasteiger partial charge in [-0.1, -0.05) is 41.1 Å². The standard InChI is InChI=1S/C20H21ClN4O4S2/c1-29-17-6-3-5-16(13-17)25(31(2,27)28)12-4-7-18(26)22-20-24-23-19(30-20)14-8-10-15(21)11-9-14/h3,5-6,8-11,13H,4,7,12H2,1-2H3,(H,22,24,26). The molecule has 2 aromatic carbocycles. The largest absolute Gasteiger partial charge is 0.497 e. The molecular formula is C20H21ClN4O4S2. The smallest absolute Gasteiger partial charge is 0.232 e. The van der Waals surface area contributed by atoms with E-state index in [9.17, 15) is 13.2 Å². The summed E-state index contributed by atoms with van der Waals surface area (Å²) in [5.74, 6) is 0.287. The van der Waals surface area contributed by atoms with Crippen LogP contribution in [0.1, 0.15) is 12.8 Å². The van der Waals surface area contributed by atoms with E-state index in [4.69, 9.17) is 16.3 Å². The number of nitrogens with one attached hydrogen (secondary N) is 1. The predicted octanol–water partition coefficient (Wildman–Crippen LogP) is 4.05.